The van der Waals surface area contributed by atoms with Gasteiger partial charge in [-0.15, -0.1) is 0 Å². The highest BCUT2D eigenvalue weighted by Gasteiger charge is 2.16. The number of ether oxygens (including phenoxy) is 4. The number of hydrogen-bond acceptors (Lipinski definition) is 9. The maximum absolute atomic E-state index is 12.8. The summed E-state index contributed by atoms with van der Waals surface area (Å²) in [5.41, 5.74) is 2.46. The molecule has 1 atom stereocenters. The molecule has 3 aromatic rings. The van der Waals surface area contributed by atoms with Crippen LogP contribution in [0.1, 0.15) is 122 Å². The third-order valence-corrected chi connectivity index (χ3v) is 8.43. The summed E-state index contributed by atoms with van der Waals surface area (Å²) in [5.74, 6) is 0.716. The Morgan fingerprint density at radius 1 is 0.556 bits per heavy atom. The molecule has 0 saturated carbocycles. The molecule has 0 heterocycles. The summed E-state index contributed by atoms with van der Waals surface area (Å²) in [6.45, 7) is 14.2. The van der Waals surface area contributed by atoms with Crippen LogP contribution in [-0.4, -0.2) is 55.7 Å². The van der Waals surface area contributed by atoms with Gasteiger partial charge in [-0.25, -0.2) is 9.59 Å². The number of carbonyl (C=O) groups excluding carboxylic acids is 5. The van der Waals surface area contributed by atoms with Gasteiger partial charge in [0.1, 0.15) is 11.5 Å². The zero-order valence-electron chi connectivity index (χ0n) is 32.1. The number of esters is 2. The third-order valence-electron chi connectivity index (χ3n) is 8.43. The molecule has 3 rings (SSSR count). The van der Waals surface area contributed by atoms with Crippen molar-refractivity contribution in [1.82, 2.24) is 0 Å². The maximum atomic E-state index is 12.8. The fourth-order valence-corrected chi connectivity index (χ4v) is 5.16. The monoisotopic (exact) mass is 740 g/mol. The Labute approximate surface area is 320 Å². The van der Waals surface area contributed by atoms with E-state index in [2.05, 4.69) is 20.1 Å². The Morgan fingerprint density at radius 3 is 1.44 bits per heavy atom. The predicted octanol–water partition coefficient (Wildman–Crippen LogP) is 9.76. The molecule has 0 saturated heterocycles. The van der Waals surface area contributed by atoms with Gasteiger partial charge in [-0.05, 0) is 94.0 Å². The van der Waals surface area contributed by atoms with E-state index in [9.17, 15) is 24.0 Å². The number of ketones is 3. The summed E-state index contributed by atoms with van der Waals surface area (Å²) in [5, 5.41) is 0. The molecule has 0 amide bonds. The number of benzene rings is 3. The van der Waals surface area contributed by atoms with Crippen molar-refractivity contribution in [3.05, 3.63) is 120 Å². The van der Waals surface area contributed by atoms with Gasteiger partial charge in [0.15, 0.2) is 17.3 Å². The predicted molar refractivity (Wildman–Crippen MR) is 211 cm³/mol. The van der Waals surface area contributed by atoms with Crippen molar-refractivity contribution in [3.8, 4) is 11.5 Å². The van der Waals surface area contributed by atoms with Crippen LogP contribution >= 0.6 is 0 Å². The van der Waals surface area contributed by atoms with Gasteiger partial charge < -0.3 is 18.9 Å². The van der Waals surface area contributed by atoms with Crippen LogP contribution in [0.2, 0.25) is 0 Å². The van der Waals surface area contributed by atoms with Gasteiger partial charge in [0.25, 0.3) is 0 Å². The first kappa shape index (κ1) is 44.8. The van der Waals surface area contributed by atoms with Crippen molar-refractivity contribution in [3.63, 3.8) is 0 Å². The van der Waals surface area contributed by atoms with E-state index in [1.807, 2.05) is 6.92 Å². The average molecular weight is 741 g/mol. The summed E-state index contributed by atoms with van der Waals surface area (Å²) in [6, 6.07) is 21.1. The molecule has 9 heteroatoms. The zero-order valence-corrected chi connectivity index (χ0v) is 32.1. The fourth-order valence-electron chi connectivity index (χ4n) is 5.16. The van der Waals surface area contributed by atoms with Gasteiger partial charge in [-0.1, -0.05) is 77.0 Å². The number of rotatable bonds is 25. The lowest BCUT2D eigenvalue weighted by molar-refractivity contribution is -0.138. The molecule has 0 aliphatic carbocycles. The number of hydrogen-bond donors (Lipinski definition) is 0. The Balaban J connectivity index is 0.000000447. The second kappa shape index (κ2) is 26.5. The standard InChI is InChI=1S/C30H38O5.C15H18O4/c1-4-6-7-9-12-23(3)29(32)24-13-15-25(16-14-24)30(33)26-17-19-27(20-18-26)34-21-10-8-11-22-35-28(31)5-2;1-3-15(17)19-11-5-4-10-18-14-8-6-13(7-9-14)12(2)16/h5,13-20,23H,2,4,6-12,21-22H2,1,3H3;3,6-9H,1,4-5,10-11H2,2H3. The van der Waals surface area contributed by atoms with Gasteiger partial charge in [0.2, 0.25) is 0 Å². The Kier molecular flexibility index (Phi) is 22.0. The molecule has 9 nitrogen and oxygen atoms in total. The molecular formula is C45H56O9. The molecule has 0 aliphatic heterocycles. The van der Waals surface area contributed by atoms with E-state index in [1.165, 1.54) is 26.2 Å². The van der Waals surface area contributed by atoms with Gasteiger partial charge in [-0.2, -0.15) is 0 Å². The third kappa shape index (κ3) is 17.9. The summed E-state index contributed by atoms with van der Waals surface area (Å²) in [6.07, 6.45) is 11.9. The molecule has 0 radical (unpaired) electrons. The summed E-state index contributed by atoms with van der Waals surface area (Å²) in [4.78, 5) is 58.3. The fraction of sp³-hybridized carbons (Fsp3) is 0.400. The van der Waals surface area contributed by atoms with Crippen LogP contribution in [0.3, 0.4) is 0 Å². The van der Waals surface area contributed by atoms with Crippen molar-refractivity contribution < 1.29 is 42.9 Å². The minimum Gasteiger partial charge on any atom is -0.494 e. The molecule has 0 aliphatic rings. The van der Waals surface area contributed by atoms with Crippen LogP contribution in [0.25, 0.3) is 0 Å². The first-order valence-corrected chi connectivity index (χ1v) is 18.8. The summed E-state index contributed by atoms with van der Waals surface area (Å²) in [7, 11) is 0. The van der Waals surface area contributed by atoms with Crippen LogP contribution in [0.5, 0.6) is 11.5 Å². The van der Waals surface area contributed by atoms with E-state index >= 15 is 0 Å². The Hall–Kier alpha value is -5.31. The highest BCUT2D eigenvalue weighted by Crippen LogP contribution is 2.20. The highest BCUT2D eigenvalue weighted by atomic mass is 16.5. The molecule has 290 valence electrons. The Morgan fingerprint density at radius 2 is 0.963 bits per heavy atom. The van der Waals surface area contributed by atoms with E-state index < -0.39 is 11.9 Å². The molecule has 1 unspecified atom stereocenters. The zero-order chi connectivity index (χ0) is 39.6. The van der Waals surface area contributed by atoms with E-state index in [1.54, 1.807) is 72.8 Å². The molecule has 0 spiro atoms. The first-order chi connectivity index (χ1) is 26.1. The van der Waals surface area contributed by atoms with Crippen LogP contribution in [0.15, 0.2) is 98.1 Å². The molecule has 0 fully saturated rings. The van der Waals surface area contributed by atoms with Crippen molar-refractivity contribution in [2.45, 2.75) is 85.0 Å². The van der Waals surface area contributed by atoms with Crippen LogP contribution in [0, 0.1) is 5.92 Å². The second-order valence-corrected chi connectivity index (χ2v) is 12.8. The molecule has 0 aromatic heterocycles. The molecule has 0 N–H and O–H groups in total. The molecular weight excluding hydrogens is 684 g/mol. The van der Waals surface area contributed by atoms with Gasteiger partial charge in [0.05, 0.1) is 26.4 Å². The maximum Gasteiger partial charge on any atom is 0.330 e. The molecule has 0 bridgehead atoms. The quantitative estimate of drug-likeness (QED) is 0.0362. The first-order valence-electron chi connectivity index (χ1n) is 18.8. The summed E-state index contributed by atoms with van der Waals surface area (Å²) < 4.78 is 21.0. The van der Waals surface area contributed by atoms with E-state index in [-0.39, 0.29) is 23.3 Å². The minimum atomic E-state index is -0.402. The normalized spacial score (nSPS) is 10.9. The number of unbranched alkanes of at least 4 members (excludes halogenated alkanes) is 6. The highest BCUT2D eigenvalue weighted by molar-refractivity contribution is 6.09. The van der Waals surface area contributed by atoms with E-state index in [0.29, 0.717) is 54.4 Å². The van der Waals surface area contributed by atoms with Crippen molar-refractivity contribution in [2.24, 2.45) is 5.92 Å². The molecule has 54 heavy (non-hydrogen) atoms. The average Bonchev–Trinajstić information content (AvgIpc) is 3.20. The molecule has 3 aromatic carbocycles. The van der Waals surface area contributed by atoms with Crippen molar-refractivity contribution in [2.75, 3.05) is 26.4 Å². The lowest BCUT2D eigenvalue weighted by Crippen LogP contribution is -2.12. The van der Waals surface area contributed by atoms with Crippen LogP contribution in [0.4, 0.5) is 0 Å². The van der Waals surface area contributed by atoms with E-state index in [4.69, 9.17) is 18.9 Å². The SMILES string of the molecule is C=CC(=O)OCCCCCOc1ccc(C(=O)c2ccc(C(=O)C(C)CCCCCC)cc2)cc1.C=CC(=O)OCCCCOc1ccc(C(C)=O)cc1. The smallest absolute Gasteiger partial charge is 0.330 e. The van der Waals surface area contributed by atoms with E-state index in [0.717, 1.165) is 62.8 Å². The lowest BCUT2D eigenvalue weighted by atomic mass is 9.92. The number of Topliss-reactive ketones (excluding diaryl/α,β-unsaturated/α-hetero) is 2. The van der Waals surface area contributed by atoms with Gasteiger partial charge >= 0.3 is 11.9 Å². The lowest BCUT2D eigenvalue weighted by Gasteiger charge is -2.11. The Bertz CT molecular complexity index is 1610. The summed E-state index contributed by atoms with van der Waals surface area (Å²) >= 11 is 0. The van der Waals surface area contributed by atoms with Crippen LogP contribution < -0.4 is 9.47 Å². The number of carbonyl (C=O) groups is 5. The second-order valence-electron chi connectivity index (χ2n) is 12.8. The largest absolute Gasteiger partial charge is 0.494 e. The van der Waals surface area contributed by atoms with Crippen molar-refractivity contribution >= 4 is 29.3 Å². The van der Waals surface area contributed by atoms with Gasteiger partial charge in [0, 0.05) is 40.3 Å². The topological polar surface area (TPSA) is 122 Å². The van der Waals surface area contributed by atoms with Gasteiger partial charge in [-0.3, -0.25) is 14.4 Å². The van der Waals surface area contributed by atoms with Crippen molar-refractivity contribution in [1.29, 1.82) is 0 Å². The van der Waals surface area contributed by atoms with Crippen LogP contribution in [-0.2, 0) is 19.1 Å². The minimum absolute atomic E-state index is 0.00394.